The van der Waals surface area contributed by atoms with Gasteiger partial charge in [-0.2, -0.15) is 0 Å². The van der Waals surface area contributed by atoms with Crippen molar-refractivity contribution < 1.29 is 9.53 Å². The summed E-state index contributed by atoms with van der Waals surface area (Å²) in [5.41, 5.74) is 2.41. The SMILES string of the molecule is CN=C(NCc1ccc(COC(C)C)cc1)N1CCN(C(C)C(=O)N2CCCC2)CC1. The summed E-state index contributed by atoms with van der Waals surface area (Å²) in [5.74, 6) is 1.21. The van der Waals surface area contributed by atoms with Gasteiger partial charge in [-0.05, 0) is 44.7 Å². The Morgan fingerprint density at radius 2 is 1.58 bits per heavy atom. The minimum absolute atomic E-state index is 0.0339. The Morgan fingerprint density at radius 3 is 2.16 bits per heavy atom. The fourth-order valence-electron chi connectivity index (χ4n) is 4.21. The Balaban J connectivity index is 1.44. The maximum atomic E-state index is 12.7. The predicted octanol–water partition coefficient (Wildman–Crippen LogP) is 2.32. The zero-order chi connectivity index (χ0) is 22.2. The Hall–Kier alpha value is -2.12. The normalized spacial score (nSPS) is 19.2. The highest BCUT2D eigenvalue weighted by Gasteiger charge is 2.30. The van der Waals surface area contributed by atoms with E-state index in [0.29, 0.717) is 6.61 Å². The number of piperazine rings is 1. The maximum Gasteiger partial charge on any atom is 0.239 e. The molecule has 0 saturated carbocycles. The number of hydrogen-bond donors (Lipinski definition) is 1. The predicted molar refractivity (Wildman–Crippen MR) is 125 cm³/mol. The first-order valence-corrected chi connectivity index (χ1v) is 11.7. The van der Waals surface area contributed by atoms with Crippen molar-refractivity contribution in [3.63, 3.8) is 0 Å². The van der Waals surface area contributed by atoms with E-state index in [1.807, 2.05) is 11.9 Å². The van der Waals surface area contributed by atoms with Crippen molar-refractivity contribution >= 4 is 11.9 Å². The van der Waals surface area contributed by atoms with Crippen molar-refractivity contribution in [2.45, 2.75) is 58.9 Å². The highest BCUT2D eigenvalue weighted by Crippen LogP contribution is 2.14. The highest BCUT2D eigenvalue weighted by molar-refractivity contribution is 5.82. The molecule has 1 atom stereocenters. The summed E-state index contributed by atoms with van der Waals surface area (Å²) in [6.07, 6.45) is 2.53. The first kappa shape index (κ1) is 23.5. The Morgan fingerprint density at radius 1 is 0.968 bits per heavy atom. The largest absolute Gasteiger partial charge is 0.374 e. The van der Waals surface area contributed by atoms with Gasteiger partial charge in [0.2, 0.25) is 5.91 Å². The molecule has 1 N–H and O–H groups in total. The first-order chi connectivity index (χ1) is 15.0. The summed E-state index contributed by atoms with van der Waals surface area (Å²) in [7, 11) is 1.83. The Labute approximate surface area is 187 Å². The van der Waals surface area contributed by atoms with E-state index in [4.69, 9.17) is 4.74 Å². The zero-order valence-corrected chi connectivity index (χ0v) is 19.6. The van der Waals surface area contributed by atoms with Gasteiger partial charge in [0, 0.05) is 52.9 Å². The van der Waals surface area contributed by atoms with E-state index in [1.165, 1.54) is 11.1 Å². The van der Waals surface area contributed by atoms with E-state index >= 15 is 0 Å². The van der Waals surface area contributed by atoms with Crippen LogP contribution in [-0.2, 0) is 22.7 Å². The summed E-state index contributed by atoms with van der Waals surface area (Å²) in [4.78, 5) is 23.8. The summed E-state index contributed by atoms with van der Waals surface area (Å²) in [6, 6.07) is 8.50. The lowest BCUT2D eigenvalue weighted by Crippen LogP contribution is -2.57. The van der Waals surface area contributed by atoms with E-state index in [1.54, 1.807) is 0 Å². The van der Waals surface area contributed by atoms with Gasteiger partial charge < -0.3 is 19.9 Å². The van der Waals surface area contributed by atoms with Gasteiger partial charge in [0.1, 0.15) is 0 Å². The quantitative estimate of drug-likeness (QED) is 0.532. The molecule has 2 fully saturated rings. The first-order valence-electron chi connectivity index (χ1n) is 11.7. The van der Waals surface area contributed by atoms with Crippen molar-refractivity contribution in [3.05, 3.63) is 35.4 Å². The average molecular weight is 430 g/mol. The number of rotatable bonds is 7. The number of benzene rings is 1. The Bertz CT molecular complexity index is 720. The van der Waals surface area contributed by atoms with Crippen LogP contribution in [0.25, 0.3) is 0 Å². The molecule has 0 radical (unpaired) electrons. The van der Waals surface area contributed by atoms with Crippen LogP contribution in [0.4, 0.5) is 0 Å². The zero-order valence-electron chi connectivity index (χ0n) is 19.6. The number of amides is 1. The van der Waals surface area contributed by atoms with Crippen LogP contribution >= 0.6 is 0 Å². The number of hydrogen-bond acceptors (Lipinski definition) is 4. The lowest BCUT2D eigenvalue weighted by atomic mass is 10.1. The van der Waals surface area contributed by atoms with E-state index in [9.17, 15) is 4.79 Å². The number of likely N-dealkylation sites (tertiary alicyclic amines) is 1. The third-order valence-electron chi connectivity index (χ3n) is 6.21. The second-order valence-corrected chi connectivity index (χ2v) is 8.81. The van der Waals surface area contributed by atoms with Gasteiger partial charge in [-0.1, -0.05) is 24.3 Å². The van der Waals surface area contributed by atoms with E-state index in [-0.39, 0.29) is 18.1 Å². The van der Waals surface area contributed by atoms with E-state index in [2.05, 4.69) is 65.1 Å². The fraction of sp³-hybridized carbons (Fsp3) is 0.667. The number of carbonyl (C=O) groups excluding carboxylic acids is 1. The van der Waals surface area contributed by atoms with Crippen molar-refractivity contribution in [1.82, 2.24) is 20.0 Å². The monoisotopic (exact) mass is 429 g/mol. The fourth-order valence-corrected chi connectivity index (χ4v) is 4.21. The van der Waals surface area contributed by atoms with Crippen LogP contribution in [0, 0.1) is 0 Å². The summed E-state index contributed by atoms with van der Waals surface area (Å²) in [6.45, 7) is 12.9. The van der Waals surface area contributed by atoms with Gasteiger partial charge in [0.25, 0.3) is 0 Å². The van der Waals surface area contributed by atoms with E-state index in [0.717, 1.165) is 64.6 Å². The van der Waals surface area contributed by atoms with Gasteiger partial charge >= 0.3 is 0 Å². The van der Waals surface area contributed by atoms with Crippen LogP contribution in [-0.4, -0.2) is 85.0 Å². The molecule has 1 aromatic rings. The smallest absolute Gasteiger partial charge is 0.239 e. The molecule has 2 aliphatic rings. The number of carbonyl (C=O) groups is 1. The molecule has 0 aliphatic carbocycles. The van der Waals surface area contributed by atoms with Crippen LogP contribution in [0.1, 0.15) is 44.7 Å². The molecular weight excluding hydrogens is 390 g/mol. The van der Waals surface area contributed by atoms with Crippen molar-refractivity contribution in [2.24, 2.45) is 4.99 Å². The molecule has 31 heavy (non-hydrogen) atoms. The second-order valence-electron chi connectivity index (χ2n) is 8.81. The minimum atomic E-state index is -0.0339. The molecule has 1 unspecified atom stereocenters. The number of guanidine groups is 1. The van der Waals surface area contributed by atoms with Gasteiger partial charge in [-0.15, -0.1) is 0 Å². The topological polar surface area (TPSA) is 60.4 Å². The lowest BCUT2D eigenvalue weighted by Gasteiger charge is -2.39. The molecule has 2 saturated heterocycles. The number of nitrogens with one attached hydrogen (secondary N) is 1. The summed E-state index contributed by atoms with van der Waals surface area (Å²) >= 11 is 0. The molecule has 2 heterocycles. The van der Waals surface area contributed by atoms with E-state index < -0.39 is 0 Å². The van der Waals surface area contributed by atoms with Crippen LogP contribution in [0.3, 0.4) is 0 Å². The molecule has 2 aliphatic heterocycles. The minimum Gasteiger partial charge on any atom is -0.374 e. The standard InChI is InChI=1S/C24H39N5O2/c1-19(2)31-18-22-9-7-21(8-10-22)17-26-24(25-4)29-15-13-27(14-16-29)20(3)23(30)28-11-5-6-12-28/h7-10,19-20H,5-6,11-18H2,1-4H3,(H,25,26). The van der Waals surface area contributed by atoms with Crippen LogP contribution in [0.2, 0.25) is 0 Å². The maximum absolute atomic E-state index is 12.7. The molecular formula is C24H39N5O2. The molecule has 172 valence electrons. The van der Waals surface area contributed by atoms with Crippen LogP contribution in [0.15, 0.2) is 29.3 Å². The number of nitrogens with zero attached hydrogens (tertiary/aromatic N) is 4. The Kier molecular flexibility index (Phi) is 8.72. The van der Waals surface area contributed by atoms with Crippen LogP contribution in [0.5, 0.6) is 0 Å². The molecule has 3 rings (SSSR count). The molecule has 0 bridgehead atoms. The highest BCUT2D eigenvalue weighted by atomic mass is 16.5. The third kappa shape index (κ3) is 6.68. The van der Waals surface area contributed by atoms with Crippen molar-refractivity contribution in [3.8, 4) is 0 Å². The number of ether oxygens (including phenoxy) is 1. The van der Waals surface area contributed by atoms with Gasteiger partial charge in [-0.3, -0.25) is 14.7 Å². The van der Waals surface area contributed by atoms with Gasteiger partial charge in [-0.25, -0.2) is 0 Å². The second kappa shape index (κ2) is 11.5. The third-order valence-corrected chi connectivity index (χ3v) is 6.21. The molecule has 1 amide bonds. The lowest BCUT2D eigenvalue weighted by molar-refractivity contribution is -0.135. The van der Waals surface area contributed by atoms with Crippen LogP contribution < -0.4 is 5.32 Å². The molecule has 0 spiro atoms. The van der Waals surface area contributed by atoms with Crippen molar-refractivity contribution in [1.29, 1.82) is 0 Å². The molecule has 0 aromatic heterocycles. The number of aliphatic imine (C=N–C) groups is 1. The van der Waals surface area contributed by atoms with Crippen molar-refractivity contribution in [2.75, 3.05) is 46.3 Å². The molecule has 1 aromatic carbocycles. The average Bonchev–Trinajstić information content (AvgIpc) is 3.33. The van der Waals surface area contributed by atoms with Gasteiger partial charge in [0.05, 0.1) is 18.8 Å². The molecule has 7 heteroatoms. The summed E-state index contributed by atoms with van der Waals surface area (Å²) in [5, 5.41) is 3.49. The van der Waals surface area contributed by atoms with Gasteiger partial charge in [0.15, 0.2) is 5.96 Å². The summed E-state index contributed by atoms with van der Waals surface area (Å²) < 4.78 is 5.66. The molecule has 7 nitrogen and oxygen atoms in total.